The number of nitrogens with zero attached hydrogens (tertiary/aromatic N) is 4. The third kappa shape index (κ3) is 4.31. The minimum Gasteiger partial charge on any atom is -0.391 e. The van der Waals surface area contributed by atoms with Crippen LogP contribution in [-0.2, 0) is 25.0 Å². The Kier molecular flexibility index (Phi) is 6.39. The Bertz CT molecular complexity index is 1340. The molecule has 9 nitrogen and oxygen atoms in total. The second-order valence-electron chi connectivity index (χ2n) is 10.2. The fourth-order valence-electron chi connectivity index (χ4n) is 5.67. The number of likely N-dealkylation sites (tertiary alicyclic amines) is 1. The number of aliphatic imine (C=N–C) groups is 1. The van der Waals surface area contributed by atoms with E-state index in [-0.39, 0.29) is 24.8 Å². The summed E-state index contributed by atoms with van der Waals surface area (Å²) in [7, 11) is -3.53. The van der Waals surface area contributed by atoms with Crippen molar-refractivity contribution in [3.8, 4) is 10.4 Å². The van der Waals surface area contributed by atoms with Crippen molar-refractivity contribution in [3.63, 3.8) is 0 Å². The molecule has 0 aliphatic carbocycles. The fourth-order valence-corrected chi connectivity index (χ4v) is 7.60. The summed E-state index contributed by atoms with van der Waals surface area (Å²) < 4.78 is 25.7. The molecule has 0 radical (unpaired) electrons. The zero-order valence-electron chi connectivity index (χ0n) is 20.5. The van der Waals surface area contributed by atoms with E-state index in [1.54, 1.807) is 11.3 Å². The van der Waals surface area contributed by atoms with Gasteiger partial charge in [0, 0.05) is 31.6 Å². The normalized spacial score (nSPS) is 29.2. The third-order valence-electron chi connectivity index (χ3n) is 7.64. The van der Waals surface area contributed by atoms with Gasteiger partial charge in [0.15, 0.2) is 0 Å². The number of aryl methyl sites for hydroxylation is 1. The van der Waals surface area contributed by atoms with Crippen molar-refractivity contribution in [3.05, 3.63) is 41.0 Å². The first-order valence-corrected chi connectivity index (χ1v) is 14.8. The second-order valence-corrected chi connectivity index (χ2v) is 13.0. The maximum absolute atomic E-state index is 13.5. The number of benzene rings is 1. The van der Waals surface area contributed by atoms with Crippen molar-refractivity contribution in [1.29, 1.82) is 0 Å². The molecule has 4 atom stereocenters. The van der Waals surface area contributed by atoms with Crippen LogP contribution in [0.1, 0.15) is 43.9 Å². The number of amides is 2. The zero-order valence-corrected chi connectivity index (χ0v) is 22.2. The average molecular weight is 531 g/mol. The number of aliphatic hydroxyl groups excluding tert-OH is 1. The largest absolute Gasteiger partial charge is 0.391 e. The van der Waals surface area contributed by atoms with Gasteiger partial charge in [-0.1, -0.05) is 24.3 Å². The number of hydrogen-bond acceptors (Lipinski definition) is 7. The van der Waals surface area contributed by atoms with Gasteiger partial charge in [-0.15, -0.1) is 11.3 Å². The topological polar surface area (TPSA) is 120 Å². The molecule has 3 aliphatic rings. The van der Waals surface area contributed by atoms with E-state index in [2.05, 4.69) is 9.98 Å². The van der Waals surface area contributed by atoms with Crippen LogP contribution in [0.3, 0.4) is 0 Å². The van der Waals surface area contributed by atoms with Gasteiger partial charge in [0.25, 0.3) is 5.91 Å². The summed E-state index contributed by atoms with van der Waals surface area (Å²) in [4.78, 5) is 38.0. The van der Waals surface area contributed by atoms with Crippen LogP contribution in [0.25, 0.3) is 10.4 Å². The van der Waals surface area contributed by atoms with Crippen molar-refractivity contribution in [2.75, 3.05) is 19.3 Å². The van der Waals surface area contributed by atoms with Crippen LogP contribution in [0.2, 0.25) is 0 Å². The summed E-state index contributed by atoms with van der Waals surface area (Å²) in [6.07, 6.45) is 2.04. The zero-order chi connectivity index (χ0) is 25.8. The van der Waals surface area contributed by atoms with Gasteiger partial charge in [-0.05, 0) is 37.8 Å². The Labute approximate surface area is 214 Å². The number of hydrogen-bond donors (Lipinski definition) is 1. The Morgan fingerprint density at radius 1 is 1.25 bits per heavy atom. The smallest absolute Gasteiger partial charge is 0.256 e. The summed E-state index contributed by atoms with van der Waals surface area (Å²) in [5.41, 5.74) is 4.35. The minimum atomic E-state index is -3.53. The molecule has 1 N–H and O–H groups in total. The quantitative estimate of drug-likeness (QED) is 0.632. The number of aromatic nitrogens is 1. The molecular weight excluding hydrogens is 500 g/mol. The number of rotatable bonds is 5. The van der Waals surface area contributed by atoms with Crippen LogP contribution in [-0.4, -0.2) is 82.8 Å². The van der Waals surface area contributed by atoms with Gasteiger partial charge in [-0.2, -0.15) is 4.31 Å². The lowest BCUT2D eigenvalue weighted by Crippen LogP contribution is -2.51. The predicted octanol–water partition coefficient (Wildman–Crippen LogP) is 2.13. The van der Waals surface area contributed by atoms with E-state index < -0.39 is 33.6 Å². The van der Waals surface area contributed by atoms with E-state index in [1.165, 1.54) is 9.21 Å². The molecule has 2 saturated heterocycles. The summed E-state index contributed by atoms with van der Waals surface area (Å²) >= 11 is 1.57. The molecule has 1 aromatic carbocycles. The number of thiazole rings is 1. The molecule has 0 unspecified atom stereocenters. The third-order valence-corrected chi connectivity index (χ3v) is 9.91. The van der Waals surface area contributed by atoms with Crippen LogP contribution in [0, 0.1) is 6.92 Å². The lowest BCUT2D eigenvalue weighted by molar-refractivity contribution is -0.134. The average Bonchev–Trinajstić information content (AvgIpc) is 3.60. The Morgan fingerprint density at radius 2 is 1.97 bits per heavy atom. The van der Waals surface area contributed by atoms with Crippen molar-refractivity contribution >= 4 is 38.9 Å². The van der Waals surface area contributed by atoms with Crippen molar-refractivity contribution in [2.45, 2.75) is 63.1 Å². The molecule has 0 bridgehead atoms. The molecule has 1 aromatic heterocycles. The van der Waals surface area contributed by atoms with Crippen LogP contribution in [0.4, 0.5) is 0 Å². The highest BCUT2D eigenvalue weighted by molar-refractivity contribution is 7.88. The minimum absolute atomic E-state index is 0.102. The van der Waals surface area contributed by atoms with E-state index in [0.29, 0.717) is 31.5 Å². The number of aliphatic hydroxyl groups is 1. The van der Waals surface area contributed by atoms with E-state index in [4.69, 9.17) is 0 Å². The Balaban J connectivity index is 1.37. The first kappa shape index (κ1) is 25.2. The van der Waals surface area contributed by atoms with Crippen molar-refractivity contribution in [2.24, 2.45) is 4.99 Å². The van der Waals surface area contributed by atoms with Gasteiger partial charge in [-0.3, -0.25) is 9.59 Å². The number of carbonyl (C=O) groups excluding carboxylic acids is 2. The van der Waals surface area contributed by atoms with Crippen molar-refractivity contribution in [1.82, 2.24) is 14.2 Å². The maximum Gasteiger partial charge on any atom is 0.256 e. The predicted molar refractivity (Wildman–Crippen MR) is 137 cm³/mol. The van der Waals surface area contributed by atoms with E-state index in [1.807, 2.05) is 43.6 Å². The van der Waals surface area contributed by atoms with E-state index in [0.717, 1.165) is 28.0 Å². The number of β-amino-alcohol motifs (C(OH)–C–C–N with tert-alkyl or cyclic N) is 1. The highest BCUT2D eigenvalue weighted by Crippen LogP contribution is 2.39. The molecule has 11 heteroatoms. The molecular formula is C25H30N4O5S2. The van der Waals surface area contributed by atoms with Crippen LogP contribution < -0.4 is 0 Å². The molecule has 5 rings (SSSR count). The monoisotopic (exact) mass is 530 g/mol. The summed E-state index contributed by atoms with van der Waals surface area (Å²) in [5.74, 6) is -0.598. The molecule has 3 aliphatic heterocycles. The van der Waals surface area contributed by atoms with Gasteiger partial charge < -0.3 is 10.0 Å². The van der Waals surface area contributed by atoms with Gasteiger partial charge in [0.2, 0.25) is 15.9 Å². The Morgan fingerprint density at radius 3 is 2.61 bits per heavy atom. The second kappa shape index (κ2) is 9.13. The highest BCUT2D eigenvalue weighted by atomic mass is 32.2. The van der Waals surface area contributed by atoms with E-state index >= 15 is 0 Å². The SMILES string of the molecule is Cc1ncsc1-c1ccc([C@]2(C)CC([C@@H]3C[C@@H](O)CN3C(=O)[C@H]3CCCN3S(C)(=O)=O)=NC2=O)cc1. The van der Waals surface area contributed by atoms with Crippen LogP contribution in [0.15, 0.2) is 34.8 Å². The van der Waals surface area contributed by atoms with Gasteiger partial charge in [0.1, 0.15) is 6.04 Å². The lowest BCUT2D eigenvalue weighted by atomic mass is 9.78. The lowest BCUT2D eigenvalue weighted by Gasteiger charge is -2.31. The van der Waals surface area contributed by atoms with Gasteiger partial charge in [0.05, 0.1) is 39.9 Å². The standard InChI is InChI=1S/C25H30N4O5S2/c1-15-22(35-14-26-15)16-6-8-17(9-7-16)25(2)12-19(27-24(25)32)21-11-18(30)13-28(21)23(31)20-5-4-10-29(20)36(3,33)34/h6-9,14,18,20-21,30H,4-5,10-13H2,1-3H3/t18-,20-,21+,25+/m1/s1. The van der Waals surface area contributed by atoms with E-state index in [9.17, 15) is 23.1 Å². The highest BCUT2D eigenvalue weighted by Gasteiger charge is 2.49. The number of sulfonamides is 1. The molecule has 0 saturated carbocycles. The van der Waals surface area contributed by atoms with Crippen molar-refractivity contribution < 1.29 is 23.1 Å². The molecule has 4 heterocycles. The molecule has 2 aromatic rings. The Hall–Kier alpha value is -2.47. The molecule has 192 valence electrons. The van der Waals surface area contributed by atoms with Crippen LogP contribution >= 0.6 is 11.3 Å². The molecule has 36 heavy (non-hydrogen) atoms. The molecule has 2 amide bonds. The molecule has 0 spiro atoms. The maximum atomic E-state index is 13.5. The summed E-state index contributed by atoms with van der Waals surface area (Å²) in [6, 6.07) is 6.56. The van der Waals surface area contributed by atoms with Gasteiger partial charge in [-0.25, -0.2) is 18.4 Å². The number of carbonyl (C=O) groups is 2. The van der Waals surface area contributed by atoms with Gasteiger partial charge >= 0.3 is 0 Å². The fraction of sp³-hybridized carbons (Fsp3) is 0.520. The summed E-state index contributed by atoms with van der Waals surface area (Å²) in [5, 5.41) is 10.4. The van der Waals surface area contributed by atoms with Crippen LogP contribution in [0.5, 0.6) is 0 Å². The molecule has 2 fully saturated rings. The first-order valence-electron chi connectivity index (χ1n) is 12.1. The first-order chi connectivity index (χ1) is 17.0. The summed E-state index contributed by atoms with van der Waals surface area (Å²) in [6.45, 7) is 4.24.